The second-order valence-corrected chi connectivity index (χ2v) is 5.58. The predicted octanol–water partition coefficient (Wildman–Crippen LogP) is 2.14. The first-order valence-electron chi connectivity index (χ1n) is 6.07. The lowest BCUT2D eigenvalue weighted by atomic mass is 10.1. The average Bonchev–Trinajstić information content (AvgIpc) is 2.74. The standard InChI is InChI=1S/C14H19NO2S/c1-11(2)9-14(17)15-10-13-7-6-12(18-13)5-3-4-8-16/h6-7,11,16H,4,8-10H2,1-2H3,(H,15,17). The Bertz CT molecular complexity index is 440. The van der Waals surface area contributed by atoms with Crippen molar-refractivity contribution in [1.29, 1.82) is 0 Å². The maximum absolute atomic E-state index is 11.5. The number of rotatable bonds is 5. The summed E-state index contributed by atoms with van der Waals surface area (Å²) in [6.45, 7) is 4.72. The van der Waals surface area contributed by atoms with Crippen molar-refractivity contribution < 1.29 is 9.90 Å². The quantitative estimate of drug-likeness (QED) is 0.801. The van der Waals surface area contributed by atoms with E-state index in [9.17, 15) is 4.79 Å². The van der Waals surface area contributed by atoms with Crippen LogP contribution >= 0.6 is 11.3 Å². The van der Waals surface area contributed by atoms with Crippen LogP contribution in [0.3, 0.4) is 0 Å². The Balaban J connectivity index is 2.40. The van der Waals surface area contributed by atoms with Crippen molar-refractivity contribution in [1.82, 2.24) is 5.32 Å². The van der Waals surface area contributed by atoms with E-state index in [0.29, 0.717) is 25.3 Å². The summed E-state index contributed by atoms with van der Waals surface area (Å²) in [5.74, 6) is 6.33. The number of aliphatic hydroxyl groups is 1. The fourth-order valence-electron chi connectivity index (χ4n) is 1.37. The molecule has 2 N–H and O–H groups in total. The van der Waals surface area contributed by atoms with Crippen LogP contribution in [0.1, 0.15) is 36.4 Å². The minimum absolute atomic E-state index is 0.0892. The topological polar surface area (TPSA) is 49.3 Å². The molecule has 1 heterocycles. The molecule has 0 aliphatic rings. The monoisotopic (exact) mass is 265 g/mol. The van der Waals surface area contributed by atoms with Crippen LogP contribution in [0.2, 0.25) is 0 Å². The third-order valence-electron chi connectivity index (χ3n) is 2.16. The van der Waals surface area contributed by atoms with Crippen LogP contribution < -0.4 is 5.32 Å². The Morgan fingerprint density at radius 2 is 2.28 bits per heavy atom. The highest BCUT2D eigenvalue weighted by atomic mass is 32.1. The van der Waals surface area contributed by atoms with Gasteiger partial charge in [0.1, 0.15) is 0 Å². The van der Waals surface area contributed by atoms with E-state index in [-0.39, 0.29) is 12.5 Å². The molecule has 18 heavy (non-hydrogen) atoms. The first-order chi connectivity index (χ1) is 8.61. The van der Waals surface area contributed by atoms with Crippen molar-refractivity contribution in [3.63, 3.8) is 0 Å². The van der Waals surface area contributed by atoms with E-state index in [2.05, 4.69) is 17.2 Å². The number of hydrogen-bond donors (Lipinski definition) is 2. The van der Waals surface area contributed by atoms with Crippen molar-refractivity contribution in [3.8, 4) is 11.8 Å². The van der Waals surface area contributed by atoms with Crippen LogP contribution in [-0.2, 0) is 11.3 Å². The number of nitrogens with one attached hydrogen (secondary N) is 1. The summed E-state index contributed by atoms with van der Waals surface area (Å²) in [6.07, 6.45) is 1.06. The van der Waals surface area contributed by atoms with Gasteiger partial charge in [-0.15, -0.1) is 11.3 Å². The van der Waals surface area contributed by atoms with Gasteiger partial charge >= 0.3 is 0 Å². The van der Waals surface area contributed by atoms with E-state index in [4.69, 9.17) is 5.11 Å². The minimum Gasteiger partial charge on any atom is -0.395 e. The van der Waals surface area contributed by atoms with Gasteiger partial charge in [0.05, 0.1) is 18.0 Å². The van der Waals surface area contributed by atoms with E-state index in [1.807, 2.05) is 26.0 Å². The average molecular weight is 265 g/mol. The maximum Gasteiger partial charge on any atom is 0.220 e. The normalized spacial score (nSPS) is 10.0. The predicted molar refractivity (Wildman–Crippen MR) is 74.2 cm³/mol. The Morgan fingerprint density at radius 3 is 2.94 bits per heavy atom. The van der Waals surface area contributed by atoms with E-state index in [1.54, 1.807) is 11.3 Å². The molecule has 4 heteroatoms. The summed E-state index contributed by atoms with van der Waals surface area (Å²) in [4.78, 5) is 13.5. The molecule has 0 aliphatic heterocycles. The fraction of sp³-hybridized carbons (Fsp3) is 0.500. The molecule has 0 radical (unpaired) electrons. The Kier molecular flexibility index (Phi) is 6.48. The largest absolute Gasteiger partial charge is 0.395 e. The molecule has 0 spiro atoms. The smallest absolute Gasteiger partial charge is 0.220 e. The van der Waals surface area contributed by atoms with Gasteiger partial charge in [0, 0.05) is 17.7 Å². The fourth-order valence-corrected chi connectivity index (χ4v) is 2.20. The molecule has 1 rings (SSSR count). The molecule has 1 aromatic heterocycles. The highest BCUT2D eigenvalue weighted by Crippen LogP contribution is 2.15. The van der Waals surface area contributed by atoms with Crippen LogP contribution in [-0.4, -0.2) is 17.6 Å². The lowest BCUT2D eigenvalue weighted by Gasteiger charge is -2.05. The Labute approximate surface area is 112 Å². The van der Waals surface area contributed by atoms with Crippen molar-refractivity contribution >= 4 is 17.2 Å². The van der Waals surface area contributed by atoms with E-state index >= 15 is 0 Å². The summed E-state index contributed by atoms with van der Waals surface area (Å²) in [6, 6.07) is 3.92. The Hall–Kier alpha value is -1.31. The molecule has 98 valence electrons. The molecule has 0 saturated heterocycles. The number of thiophene rings is 1. The molecule has 1 aromatic rings. The van der Waals surface area contributed by atoms with Gasteiger partial charge in [-0.05, 0) is 18.1 Å². The van der Waals surface area contributed by atoms with Crippen LogP contribution in [0.25, 0.3) is 0 Å². The molecule has 1 amide bonds. The summed E-state index contributed by atoms with van der Waals surface area (Å²) in [5.41, 5.74) is 0. The van der Waals surface area contributed by atoms with Crippen LogP contribution in [0.5, 0.6) is 0 Å². The van der Waals surface area contributed by atoms with Crippen molar-refractivity contribution in [3.05, 3.63) is 21.9 Å². The first-order valence-corrected chi connectivity index (χ1v) is 6.88. The van der Waals surface area contributed by atoms with E-state index in [1.165, 1.54) is 0 Å². The second kappa shape index (κ2) is 7.91. The van der Waals surface area contributed by atoms with Gasteiger partial charge in [-0.1, -0.05) is 25.7 Å². The lowest BCUT2D eigenvalue weighted by molar-refractivity contribution is -0.121. The van der Waals surface area contributed by atoms with Gasteiger partial charge in [-0.3, -0.25) is 4.79 Å². The second-order valence-electron chi connectivity index (χ2n) is 4.42. The molecule has 0 atom stereocenters. The summed E-state index contributed by atoms with van der Waals surface area (Å²) in [5, 5.41) is 11.5. The minimum atomic E-state index is 0.0892. The van der Waals surface area contributed by atoms with E-state index < -0.39 is 0 Å². The first kappa shape index (κ1) is 14.7. The summed E-state index contributed by atoms with van der Waals surface area (Å²) >= 11 is 1.57. The zero-order valence-corrected chi connectivity index (χ0v) is 11.6. The van der Waals surface area contributed by atoms with Gasteiger partial charge in [0.2, 0.25) is 5.91 Å². The zero-order chi connectivity index (χ0) is 13.4. The van der Waals surface area contributed by atoms with E-state index in [0.717, 1.165) is 9.75 Å². The number of amides is 1. The van der Waals surface area contributed by atoms with Gasteiger partial charge in [-0.2, -0.15) is 0 Å². The van der Waals surface area contributed by atoms with Crippen LogP contribution in [0.4, 0.5) is 0 Å². The maximum atomic E-state index is 11.5. The molecule has 0 aromatic carbocycles. The number of hydrogen-bond acceptors (Lipinski definition) is 3. The summed E-state index contributed by atoms with van der Waals surface area (Å²) < 4.78 is 0. The van der Waals surface area contributed by atoms with Crippen molar-refractivity contribution in [2.24, 2.45) is 5.92 Å². The van der Waals surface area contributed by atoms with Crippen molar-refractivity contribution in [2.75, 3.05) is 6.61 Å². The molecule has 0 saturated carbocycles. The highest BCUT2D eigenvalue weighted by Gasteiger charge is 2.05. The third kappa shape index (κ3) is 5.85. The zero-order valence-electron chi connectivity index (χ0n) is 10.8. The number of aliphatic hydroxyl groups excluding tert-OH is 1. The molecular weight excluding hydrogens is 246 g/mol. The highest BCUT2D eigenvalue weighted by molar-refractivity contribution is 7.12. The molecular formula is C14H19NO2S. The van der Waals surface area contributed by atoms with Crippen molar-refractivity contribution in [2.45, 2.75) is 33.2 Å². The van der Waals surface area contributed by atoms with Gasteiger partial charge in [0.15, 0.2) is 0 Å². The third-order valence-corrected chi connectivity index (χ3v) is 3.16. The molecule has 0 bridgehead atoms. The Morgan fingerprint density at radius 1 is 1.50 bits per heavy atom. The molecule has 0 aliphatic carbocycles. The molecule has 0 fully saturated rings. The SMILES string of the molecule is CC(C)CC(=O)NCc1ccc(C#CCCO)s1. The lowest BCUT2D eigenvalue weighted by Crippen LogP contribution is -2.23. The summed E-state index contributed by atoms with van der Waals surface area (Å²) in [7, 11) is 0. The van der Waals surface area contributed by atoms with Gasteiger partial charge in [0.25, 0.3) is 0 Å². The van der Waals surface area contributed by atoms with Gasteiger partial charge < -0.3 is 10.4 Å². The molecule has 3 nitrogen and oxygen atoms in total. The molecule has 0 unspecified atom stereocenters. The van der Waals surface area contributed by atoms with Gasteiger partial charge in [-0.25, -0.2) is 0 Å². The van der Waals surface area contributed by atoms with Crippen LogP contribution in [0, 0.1) is 17.8 Å². The van der Waals surface area contributed by atoms with Crippen LogP contribution in [0.15, 0.2) is 12.1 Å². The number of carbonyl (C=O) groups is 1. The number of carbonyl (C=O) groups excluding carboxylic acids is 1.